The molecule has 0 spiro atoms. The Bertz CT molecular complexity index is 498. The maximum absolute atomic E-state index is 11.9. The van der Waals surface area contributed by atoms with Gasteiger partial charge in [-0.25, -0.2) is 0 Å². The third-order valence-electron chi connectivity index (χ3n) is 3.77. The van der Waals surface area contributed by atoms with Crippen LogP contribution in [0.4, 0.5) is 0 Å². The van der Waals surface area contributed by atoms with Gasteiger partial charge in [0.15, 0.2) is 0 Å². The molecule has 22 heavy (non-hydrogen) atoms. The van der Waals surface area contributed by atoms with E-state index in [1.807, 2.05) is 31.2 Å². The molecule has 4 nitrogen and oxygen atoms in total. The third-order valence-corrected chi connectivity index (χ3v) is 3.77. The summed E-state index contributed by atoms with van der Waals surface area (Å²) in [7, 11) is 0. The maximum Gasteiger partial charge on any atom is 0.222 e. The summed E-state index contributed by atoms with van der Waals surface area (Å²) < 4.78 is 0. The molecular weight excluding hydrogens is 276 g/mol. The van der Waals surface area contributed by atoms with Crippen molar-refractivity contribution < 1.29 is 9.59 Å². The molecule has 0 atom stereocenters. The Hall–Kier alpha value is -1.84. The summed E-state index contributed by atoms with van der Waals surface area (Å²) in [6.45, 7) is 9.61. The predicted molar refractivity (Wildman–Crippen MR) is 89.4 cm³/mol. The van der Waals surface area contributed by atoms with Crippen LogP contribution in [-0.2, 0) is 16.1 Å². The minimum Gasteiger partial charge on any atom is -0.352 e. The van der Waals surface area contributed by atoms with Crippen LogP contribution >= 0.6 is 0 Å². The van der Waals surface area contributed by atoms with Crippen LogP contribution in [0.25, 0.3) is 0 Å². The van der Waals surface area contributed by atoms with Gasteiger partial charge in [0.25, 0.3) is 0 Å². The second kappa shape index (κ2) is 9.23. The van der Waals surface area contributed by atoms with Crippen LogP contribution in [0.15, 0.2) is 24.3 Å². The fraction of sp³-hybridized carbons (Fsp3) is 0.556. The summed E-state index contributed by atoms with van der Waals surface area (Å²) >= 11 is 0. The molecule has 0 aromatic heterocycles. The first-order valence-corrected chi connectivity index (χ1v) is 7.97. The van der Waals surface area contributed by atoms with Gasteiger partial charge in [-0.05, 0) is 30.4 Å². The molecule has 0 aliphatic heterocycles. The Morgan fingerprint density at radius 2 is 1.86 bits per heavy atom. The number of nitrogens with one attached hydrogen (secondary N) is 1. The van der Waals surface area contributed by atoms with Crippen molar-refractivity contribution in [3.8, 4) is 0 Å². The fourth-order valence-electron chi connectivity index (χ4n) is 2.17. The summed E-state index contributed by atoms with van der Waals surface area (Å²) in [5.41, 5.74) is 2.30. The van der Waals surface area contributed by atoms with E-state index in [2.05, 4.69) is 19.2 Å². The second-order valence-electron chi connectivity index (χ2n) is 6.14. The van der Waals surface area contributed by atoms with E-state index in [0.29, 0.717) is 25.4 Å². The Balaban J connectivity index is 2.37. The highest BCUT2D eigenvalue weighted by atomic mass is 16.2. The van der Waals surface area contributed by atoms with Crippen molar-refractivity contribution in [3.05, 3.63) is 35.4 Å². The van der Waals surface area contributed by atoms with Crippen molar-refractivity contribution in [1.82, 2.24) is 10.2 Å². The summed E-state index contributed by atoms with van der Waals surface area (Å²) in [4.78, 5) is 25.3. The van der Waals surface area contributed by atoms with Crippen molar-refractivity contribution >= 4 is 11.8 Å². The zero-order valence-corrected chi connectivity index (χ0v) is 14.2. The molecular formula is C18H28N2O2. The van der Waals surface area contributed by atoms with Crippen LogP contribution in [-0.4, -0.2) is 29.8 Å². The first kappa shape index (κ1) is 18.2. The molecule has 0 saturated heterocycles. The van der Waals surface area contributed by atoms with E-state index >= 15 is 0 Å². The lowest BCUT2D eigenvalue weighted by Gasteiger charge is -2.21. The minimum atomic E-state index is -0.0148. The second-order valence-corrected chi connectivity index (χ2v) is 6.14. The standard InChI is InChI=1S/C18H28N2O2/c1-14(2)9-11-20(16(4)21)12-10-18(22)19-13-17-8-6-5-7-15(17)3/h5-8,14H,9-13H2,1-4H3,(H,19,22). The number of hydrogen-bond donors (Lipinski definition) is 1. The summed E-state index contributed by atoms with van der Waals surface area (Å²) in [5.74, 6) is 0.572. The van der Waals surface area contributed by atoms with Gasteiger partial charge >= 0.3 is 0 Å². The van der Waals surface area contributed by atoms with E-state index < -0.39 is 0 Å². The molecule has 0 heterocycles. The van der Waals surface area contributed by atoms with Crippen LogP contribution in [0.5, 0.6) is 0 Å². The topological polar surface area (TPSA) is 49.4 Å². The van der Waals surface area contributed by atoms with Gasteiger partial charge in [-0.1, -0.05) is 38.1 Å². The lowest BCUT2D eigenvalue weighted by molar-refractivity contribution is -0.129. The van der Waals surface area contributed by atoms with Crippen LogP contribution in [0.3, 0.4) is 0 Å². The normalized spacial score (nSPS) is 10.6. The molecule has 0 radical (unpaired) electrons. The number of carbonyl (C=O) groups is 2. The molecule has 0 unspecified atom stereocenters. The Morgan fingerprint density at radius 3 is 2.45 bits per heavy atom. The first-order valence-electron chi connectivity index (χ1n) is 7.97. The summed E-state index contributed by atoms with van der Waals surface area (Å²) in [6.07, 6.45) is 1.31. The van der Waals surface area contributed by atoms with Gasteiger partial charge in [-0.3, -0.25) is 9.59 Å². The zero-order valence-electron chi connectivity index (χ0n) is 14.2. The molecule has 1 N–H and O–H groups in total. The number of hydrogen-bond acceptors (Lipinski definition) is 2. The highest BCUT2D eigenvalue weighted by molar-refractivity contribution is 5.78. The zero-order chi connectivity index (χ0) is 16.5. The molecule has 0 aliphatic carbocycles. The van der Waals surface area contributed by atoms with Crippen LogP contribution in [0, 0.1) is 12.8 Å². The number of benzene rings is 1. The van der Waals surface area contributed by atoms with Crippen molar-refractivity contribution in [3.63, 3.8) is 0 Å². The van der Waals surface area contributed by atoms with E-state index in [0.717, 1.165) is 18.5 Å². The van der Waals surface area contributed by atoms with E-state index in [1.165, 1.54) is 5.56 Å². The third kappa shape index (κ3) is 6.74. The minimum absolute atomic E-state index is 0.0148. The maximum atomic E-state index is 11.9. The smallest absolute Gasteiger partial charge is 0.222 e. The van der Waals surface area contributed by atoms with Crippen molar-refractivity contribution in [2.75, 3.05) is 13.1 Å². The first-order chi connectivity index (χ1) is 10.4. The van der Waals surface area contributed by atoms with Crippen LogP contribution in [0.1, 0.15) is 44.7 Å². The number of aryl methyl sites for hydroxylation is 1. The van der Waals surface area contributed by atoms with Crippen molar-refractivity contribution in [2.45, 2.75) is 47.1 Å². The molecule has 0 saturated carbocycles. The van der Waals surface area contributed by atoms with Gasteiger partial charge in [0.2, 0.25) is 11.8 Å². The van der Waals surface area contributed by atoms with Crippen molar-refractivity contribution in [2.24, 2.45) is 5.92 Å². The van der Waals surface area contributed by atoms with Crippen molar-refractivity contribution in [1.29, 1.82) is 0 Å². The Labute approximate surface area is 133 Å². The Morgan fingerprint density at radius 1 is 1.18 bits per heavy atom. The quantitative estimate of drug-likeness (QED) is 0.803. The molecule has 122 valence electrons. The number of nitrogens with zero attached hydrogens (tertiary/aromatic N) is 1. The molecule has 0 fully saturated rings. The summed E-state index contributed by atoms with van der Waals surface area (Å²) in [5, 5.41) is 2.92. The molecule has 0 aliphatic rings. The lowest BCUT2D eigenvalue weighted by atomic mass is 10.1. The molecule has 1 rings (SSSR count). The largest absolute Gasteiger partial charge is 0.352 e. The molecule has 0 bridgehead atoms. The highest BCUT2D eigenvalue weighted by Gasteiger charge is 2.11. The van der Waals surface area contributed by atoms with Gasteiger partial charge in [0.05, 0.1) is 0 Å². The Kier molecular flexibility index (Phi) is 7.64. The SMILES string of the molecule is CC(=O)N(CCC(=O)NCc1ccccc1C)CCC(C)C. The van der Waals surface area contributed by atoms with Crippen LogP contribution < -0.4 is 5.32 Å². The van der Waals surface area contributed by atoms with Gasteiger partial charge in [-0.2, -0.15) is 0 Å². The average Bonchev–Trinajstić information content (AvgIpc) is 2.45. The van der Waals surface area contributed by atoms with Gasteiger partial charge in [-0.15, -0.1) is 0 Å². The van der Waals surface area contributed by atoms with E-state index in [1.54, 1.807) is 11.8 Å². The van der Waals surface area contributed by atoms with E-state index in [-0.39, 0.29) is 11.8 Å². The monoisotopic (exact) mass is 304 g/mol. The molecule has 1 aromatic rings. The van der Waals surface area contributed by atoms with Gasteiger partial charge < -0.3 is 10.2 Å². The summed E-state index contributed by atoms with van der Waals surface area (Å²) in [6, 6.07) is 8.00. The van der Waals surface area contributed by atoms with E-state index in [4.69, 9.17) is 0 Å². The molecule has 2 amide bonds. The highest BCUT2D eigenvalue weighted by Crippen LogP contribution is 2.07. The van der Waals surface area contributed by atoms with Gasteiger partial charge in [0, 0.05) is 33.0 Å². The predicted octanol–water partition coefficient (Wildman–Crippen LogP) is 2.90. The number of carbonyl (C=O) groups excluding carboxylic acids is 2. The van der Waals surface area contributed by atoms with Crippen LogP contribution in [0.2, 0.25) is 0 Å². The van der Waals surface area contributed by atoms with Gasteiger partial charge in [0.1, 0.15) is 0 Å². The molecule has 1 aromatic carbocycles. The van der Waals surface area contributed by atoms with E-state index in [9.17, 15) is 9.59 Å². The average molecular weight is 304 g/mol. The fourth-order valence-corrected chi connectivity index (χ4v) is 2.17. The molecule has 4 heteroatoms. The number of amides is 2. The number of rotatable bonds is 8. The lowest BCUT2D eigenvalue weighted by Crippen LogP contribution is -2.34.